The second-order valence-corrected chi connectivity index (χ2v) is 7.98. The second-order valence-electron chi connectivity index (χ2n) is 7.03. The first-order valence-electron chi connectivity index (χ1n) is 9.88. The lowest BCUT2D eigenvalue weighted by Crippen LogP contribution is -2.15. The molecule has 0 amide bonds. The predicted molar refractivity (Wildman–Crippen MR) is 123 cm³/mol. The molecule has 5 aromatic rings. The number of nitrogens with zero attached hydrogens (tertiary/aromatic N) is 5. The summed E-state index contributed by atoms with van der Waals surface area (Å²) in [5, 5.41) is 11.7. The Morgan fingerprint density at radius 2 is 1.88 bits per heavy atom. The van der Waals surface area contributed by atoms with Crippen molar-refractivity contribution in [1.82, 2.24) is 29.2 Å². The van der Waals surface area contributed by atoms with Crippen molar-refractivity contribution in [3.63, 3.8) is 0 Å². The summed E-state index contributed by atoms with van der Waals surface area (Å²) in [6.07, 6.45) is 1.67. The highest BCUT2D eigenvalue weighted by atomic mass is 32.2. The lowest BCUT2D eigenvalue weighted by molar-refractivity contribution is 0.355. The van der Waals surface area contributed by atoms with Crippen LogP contribution >= 0.6 is 11.8 Å². The van der Waals surface area contributed by atoms with Crippen LogP contribution in [0.15, 0.2) is 69.5 Å². The monoisotopic (exact) mass is 462 g/mol. The summed E-state index contributed by atoms with van der Waals surface area (Å²) in [4.78, 5) is 29.2. The number of ether oxygens (including phenoxy) is 2. The fourth-order valence-corrected chi connectivity index (χ4v) is 4.23. The Morgan fingerprint density at radius 1 is 1.03 bits per heavy atom. The summed E-state index contributed by atoms with van der Waals surface area (Å²) in [6.45, 7) is 0. The summed E-state index contributed by atoms with van der Waals surface area (Å²) in [5.41, 5.74) is 2.34. The van der Waals surface area contributed by atoms with Gasteiger partial charge < -0.3 is 9.47 Å². The molecule has 33 heavy (non-hydrogen) atoms. The number of pyridine rings is 1. The molecule has 0 saturated heterocycles. The zero-order valence-corrected chi connectivity index (χ0v) is 18.5. The molecule has 0 spiro atoms. The zero-order chi connectivity index (χ0) is 22.9. The number of aromatic amines is 1. The van der Waals surface area contributed by atoms with Crippen LogP contribution in [0.5, 0.6) is 11.5 Å². The molecule has 0 fully saturated rings. The standard InChI is InChI=1S/C22H18N6O4S/c1-31-17-7-6-13(9-18(17)32-2)15-11-16-21(30)24-25-22(28(16)26-15)33-12-14-10-20(29)27-8-4-3-5-19(27)23-14/h3-11H,12H2,1-2H3,(H,24,30). The number of rotatable bonds is 6. The smallest absolute Gasteiger partial charge is 0.290 e. The number of hydrogen-bond acceptors (Lipinski definition) is 8. The van der Waals surface area contributed by atoms with Gasteiger partial charge in [0.2, 0.25) is 5.16 Å². The van der Waals surface area contributed by atoms with Crippen molar-refractivity contribution in [2.75, 3.05) is 14.2 Å². The molecule has 1 aromatic carbocycles. The molecular formula is C22H18N6O4S. The third-order valence-corrected chi connectivity index (χ3v) is 5.99. The van der Waals surface area contributed by atoms with Crippen LogP contribution in [0.3, 0.4) is 0 Å². The van der Waals surface area contributed by atoms with Crippen molar-refractivity contribution < 1.29 is 9.47 Å². The molecule has 0 atom stereocenters. The first kappa shape index (κ1) is 20.8. The van der Waals surface area contributed by atoms with Gasteiger partial charge in [0.05, 0.1) is 25.6 Å². The highest BCUT2D eigenvalue weighted by molar-refractivity contribution is 7.98. The Bertz CT molecular complexity index is 1610. The third-order valence-electron chi connectivity index (χ3n) is 5.03. The van der Waals surface area contributed by atoms with Crippen molar-refractivity contribution >= 4 is 22.9 Å². The van der Waals surface area contributed by atoms with Gasteiger partial charge in [-0.2, -0.15) is 5.10 Å². The Hall–Kier alpha value is -4.12. The van der Waals surface area contributed by atoms with Gasteiger partial charge in [-0.3, -0.25) is 14.0 Å². The minimum atomic E-state index is -0.361. The first-order chi connectivity index (χ1) is 16.1. The molecule has 0 aliphatic heterocycles. The van der Waals surface area contributed by atoms with Crippen molar-refractivity contribution in [2.45, 2.75) is 10.9 Å². The van der Waals surface area contributed by atoms with Crippen LogP contribution in [0.1, 0.15) is 5.69 Å². The highest BCUT2D eigenvalue weighted by Crippen LogP contribution is 2.32. The van der Waals surface area contributed by atoms with Crippen LogP contribution in [-0.2, 0) is 5.75 Å². The van der Waals surface area contributed by atoms with Crippen LogP contribution in [0.2, 0.25) is 0 Å². The molecule has 10 nitrogen and oxygen atoms in total. The van der Waals surface area contributed by atoms with Crippen molar-refractivity contribution in [2.24, 2.45) is 0 Å². The fourth-order valence-electron chi connectivity index (χ4n) is 3.44. The zero-order valence-electron chi connectivity index (χ0n) is 17.7. The Kier molecular flexibility index (Phi) is 5.31. The topological polar surface area (TPSA) is 116 Å². The van der Waals surface area contributed by atoms with Crippen LogP contribution in [-0.4, -0.2) is 43.4 Å². The second kappa shape index (κ2) is 8.43. The number of benzene rings is 1. The molecule has 5 rings (SSSR count). The number of H-pyrrole nitrogens is 1. The summed E-state index contributed by atoms with van der Waals surface area (Å²) in [7, 11) is 3.12. The molecule has 166 valence electrons. The third kappa shape index (κ3) is 3.82. The minimum absolute atomic E-state index is 0.161. The van der Waals surface area contributed by atoms with Crippen LogP contribution < -0.4 is 20.6 Å². The van der Waals surface area contributed by atoms with E-state index >= 15 is 0 Å². The molecule has 4 heterocycles. The molecule has 0 aliphatic carbocycles. The quantitative estimate of drug-likeness (QED) is 0.383. The maximum atomic E-state index is 12.4. The molecule has 11 heteroatoms. The molecule has 4 aromatic heterocycles. The van der Waals surface area contributed by atoms with E-state index in [2.05, 4.69) is 20.3 Å². The van der Waals surface area contributed by atoms with Crippen molar-refractivity contribution in [3.05, 3.63) is 81.1 Å². The average molecular weight is 462 g/mol. The Morgan fingerprint density at radius 3 is 2.70 bits per heavy atom. The van der Waals surface area contributed by atoms with E-state index < -0.39 is 0 Å². The molecule has 0 radical (unpaired) electrons. The van der Waals surface area contributed by atoms with Crippen LogP contribution in [0, 0.1) is 0 Å². The van der Waals surface area contributed by atoms with Crippen LogP contribution in [0.4, 0.5) is 0 Å². The number of thioether (sulfide) groups is 1. The summed E-state index contributed by atoms with van der Waals surface area (Å²) in [5.74, 6) is 1.53. The molecule has 0 unspecified atom stereocenters. The van der Waals surface area contributed by atoms with E-state index in [1.807, 2.05) is 12.1 Å². The molecule has 0 bridgehead atoms. The SMILES string of the molecule is COc1ccc(-c2cc3c(=O)[nH]nc(SCc4cc(=O)n5ccccc5n4)n3n2)cc1OC. The normalized spacial score (nSPS) is 11.2. The van der Waals surface area contributed by atoms with Crippen molar-refractivity contribution in [1.29, 1.82) is 0 Å². The van der Waals surface area contributed by atoms with E-state index in [4.69, 9.17) is 9.47 Å². The van der Waals surface area contributed by atoms with Gasteiger partial charge in [0.25, 0.3) is 11.1 Å². The number of aromatic nitrogens is 6. The number of methoxy groups -OCH3 is 2. The maximum Gasteiger partial charge on any atom is 0.290 e. The molecular weight excluding hydrogens is 444 g/mol. The van der Waals surface area contributed by atoms with E-state index in [9.17, 15) is 9.59 Å². The van der Waals surface area contributed by atoms with Gasteiger partial charge in [0, 0.05) is 23.6 Å². The lowest BCUT2D eigenvalue weighted by Gasteiger charge is -2.08. The number of nitrogens with one attached hydrogen (secondary N) is 1. The maximum absolute atomic E-state index is 12.4. The largest absolute Gasteiger partial charge is 0.493 e. The van der Waals surface area contributed by atoms with Gasteiger partial charge in [-0.25, -0.2) is 14.6 Å². The van der Waals surface area contributed by atoms with Gasteiger partial charge in [-0.15, -0.1) is 5.10 Å². The Labute approximate surface area is 190 Å². The fraction of sp³-hybridized carbons (Fsp3) is 0.136. The first-order valence-corrected chi connectivity index (χ1v) is 10.9. The van der Waals surface area contributed by atoms with E-state index in [1.54, 1.807) is 50.7 Å². The van der Waals surface area contributed by atoms with Gasteiger partial charge in [0.1, 0.15) is 11.2 Å². The molecule has 1 N–H and O–H groups in total. The predicted octanol–water partition coefficient (Wildman–Crippen LogP) is 2.40. The Balaban J connectivity index is 1.50. The molecule has 0 aliphatic rings. The minimum Gasteiger partial charge on any atom is -0.493 e. The van der Waals surface area contributed by atoms with Crippen molar-refractivity contribution in [3.8, 4) is 22.8 Å². The number of hydrogen-bond donors (Lipinski definition) is 1. The number of fused-ring (bicyclic) bond motifs is 2. The summed E-state index contributed by atoms with van der Waals surface area (Å²) >= 11 is 1.32. The highest BCUT2D eigenvalue weighted by Gasteiger charge is 2.15. The van der Waals surface area contributed by atoms with E-state index in [-0.39, 0.29) is 11.1 Å². The van der Waals surface area contributed by atoms with Crippen LogP contribution in [0.25, 0.3) is 22.4 Å². The van der Waals surface area contributed by atoms with Gasteiger partial charge >= 0.3 is 0 Å². The summed E-state index contributed by atoms with van der Waals surface area (Å²) < 4.78 is 13.6. The van der Waals surface area contributed by atoms with E-state index in [1.165, 1.54) is 26.7 Å². The summed E-state index contributed by atoms with van der Waals surface area (Å²) in [6, 6.07) is 14.0. The average Bonchev–Trinajstić information content (AvgIpc) is 3.30. The van der Waals surface area contributed by atoms with Gasteiger partial charge in [-0.1, -0.05) is 17.8 Å². The van der Waals surface area contributed by atoms with E-state index in [0.29, 0.717) is 45.0 Å². The van der Waals surface area contributed by atoms with E-state index in [0.717, 1.165) is 5.56 Å². The molecule has 0 saturated carbocycles. The lowest BCUT2D eigenvalue weighted by atomic mass is 10.1. The van der Waals surface area contributed by atoms with Gasteiger partial charge in [-0.05, 0) is 36.4 Å². The van der Waals surface area contributed by atoms with Gasteiger partial charge in [0.15, 0.2) is 11.5 Å².